The lowest BCUT2D eigenvalue weighted by Gasteiger charge is -2.39. The minimum atomic E-state index is -0.219. The molecule has 1 amide bonds. The molecule has 2 bridgehead atoms. The molecule has 2 aliphatic heterocycles. The van der Waals surface area contributed by atoms with E-state index < -0.39 is 0 Å². The van der Waals surface area contributed by atoms with Crippen LogP contribution in [0, 0.1) is 5.82 Å². The summed E-state index contributed by atoms with van der Waals surface area (Å²) in [6.07, 6.45) is 3.80. The third-order valence-electron chi connectivity index (χ3n) is 5.50. The van der Waals surface area contributed by atoms with E-state index in [1.54, 1.807) is 6.07 Å². The van der Waals surface area contributed by atoms with Gasteiger partial charge in [0.25, 0.3) is 5.91 Å². The first-order valence-corrected chi connectivity index (χ1v) is 8.97. The molecule has 130 valence electrons. The van der Waals surface area contributed by atoms with Gasteiger partial charge >= 0.3 is 0 Å². The van der Waals surface area contributed by atoms with E-state index in [-0.39, 0.29) is 34.6 Å². The maximum atomic E-state index is 13.2. The van der Waals surface area contributed by atoms with Crippen LogP contribution in [0.1, 0.15) is 47.5 Å². The van der Waals surface area contributed by atoms with E-state index in [4.69, 9.17) is 11.6 Å². The molecule has 2 saturated heterocycles. The number of nitrogens with zero attached hydrogens (tertiary/aromatic N) is 1. The second kappa shape index (κ2) is 6.34. The van der Waals surface area contributed by atoms with Crippen LogP contribution in [0.5, 0.6) is 5.75 Å². The summed E-state index contributed by atoms with van der Waals surface area (Å²) in [7, 11) is 0. The molecule has 3 atom stereocenters. The van der Waals surface area contributed by atoms with Gasteiger partial charge in [0, 0.05) is 17.6 Å². The molecule has 2 aliphatic rings. The largest absolute Gasteiger partial charge is 0.506 e. The molecular formula is C20H19ClFNO2. The fourth-order valence-corrected chi connectivity index (χ4v) is 4.49. The van der Waals surface area contributed by atoms with Gasteiger partial charge in [-0.1, -0.05) is 23.7 Å². The smallest absolute Gasteiger partial charge is 0.254 e. The number of aromatic hydroxyl groups is 1. The van der Waals surface area contributed by atoms with E-state index in [0.717, 1.165) is 31.2 Å². The van der Waals surface area contributed by atoms with Crippen molar-refractivity contribution in [2.75, 3.05) is 0 Å². The average Bonchev–Trinajstić information content (AvgIpc) is 2.87. The summed E-state index contributed by atoms with van der Waals surface area (Å²) < 4.78 is 13.2. The zero-order chi connectivity index (χ0) is 17.6. The van der Waals surface area contributed by atoms with Gasteiger partial charge in [0.05, 0.1) is 5.02 Å². The fourth-order valence-electron chi connectivity index (χ4n) is 4.30. The van der Waals surface area contributed by atoms with Gasteiger partial charge in [0.15, 0.2) is 0 Å². The number of hydrogen-bond acceptors (Lipinski definition) is 2. The summed E-state index contributed by atoms with van der Waals surface area (Å²) in [6.45, 7) is 0. The molecular weight excluding hydrogens is 341 g/mol. The van der Waals surface area contributed by atoms with Gasteiger partial charge in [-0.3, -0.25) is 4.79 Å². The first-order chi connectivity index (χ1) is 12.0. The molecule has 0 aliphatic carbocycles. The Kier molecular flexibility index (Phi) is 4.16. The first kappa shape index (κ1) is 16.4. The van der Waals surface area contributed by atoms with Gasteiger partial charge in [0.2, 0.25) is 0 Å². The number of benzene rings is 2. The van der Waals surface area contributed by atoms with Crippen LogP contribution in [-0.2, 0) is 0 Å². The first-order valence-electron chi connectivity index (χ1n) is 8.59. The Hall–Kier alpha value is -2.07. The van der Waals surface area contributed by atoms with Gasteiger partial charge in [-0.15, -0.1) is 0 Å². The van der Waals surface area contributed by atoms with Gasteiger partial charge < -0.3 is 10.0 Å². The number of carbonyl (C=O) groups excluding carboxylic acids is 1. The van der Waals surface area contributed by atoms with Gasteiger partial charge in [-0.25, -0.2) is 4.39 Å². The second-order valence-corrected chi connectivity index (χ2v) is 7.39. The van der Waals surface area contributed by atoms with Crippen LogP contribution in [0.3, 0.4) is 0 Å². The Bertz CT molecular complexity index is 794. The zero-order valence-corrected chi connectivity index (χ0v) is 14.4. The van der Waals surface area contributed by atoms with Gasteiger partial charge in [-0.05, 0) is 67.5 Å². The highest BCUT2D eigenvalue weighted by Gasteiger charge is 2.43. The summed E-state index contributed by atoms with van der Waals surface area (Å²) in [6, 6.07) is 11.7. The van der Waals surface area contributed by atoms with Crippen LogP contribution >= 0.6 is 11.6 Å². The molecule has 2 fully saturated rings. The third-order valence-corrected chi connectivity index (χ3v) is 5.81. The van der Waals surface area contributed by atoms with Crippen LogP contribution in [0.15, 0.2) is 42.5 Å². The van der Waals surface area contributed by atoms with E-state index in [0.29, 0.717) is 11.5 Å². The standard InChI is InChI=1S/C20H19ClFNO2/c21-18-11-13(3-8-19(18)24)20(25)23-16-6-7-17(23)10-14(9-16)12-1-4-15(22)5-2-12/h1-5,8,11,14,16-17,24H,6-7,9-10H2/t14?,16-,17+. The molecule has 5 heteroatoms. The summed E-state index contributed by atoms with van der Waals surface area (Å²) >= 11 is 5.95. The van der Waals surface area contributed by atoms with E-state index in [9.17, 15) is 14.3 Å². The molecule has 3 nitrogen and oxygen atoms in total. The molecule has 2 aromatic carbocycles. The molecule has 1 N–H and O–H groups in total. The van der Waals surface area contributed by atoms with Crippen LogP contribution in [-0.4, -0.2) is 28.0 Å². The average molecular weight is 360 g/mol. The summed E-state index contributed by atoms with van der Waals surface area (Å²) in [5.74, 6) is 0.109. The molecule has 0 saturated carbocycles. The van der Waals surface area contributed by atoms with Crippen LogP contribution in [0.4, 0.5) is 4.39 Å². The quantitative estimate of drug-likeness (QED) is 0.841. The third kappa shape index (κ3) is 2.99. The highest BCUT2D eigenvalue weighted by Crippen LogP contribution is 2.43. The van der Waals surface area contributed by atoms with E-state index in [1.165, 1.54) is 24.3 Å². The van der Waals surface area contributed by atoms with Crippen molar-refractivity contribution in [1.29, 1.82) is 0 Å². The minimum Gasteiger partial charge on any atom is -0.506 e. The number of phenols is 1. The van der Waals surface area contributed by atoms with Crippen molar-refractivity contribution in [3.05, 3.63) is 64.4 Å². The molecule has 2 aromatic rings. The Labute approximate surface area is 151 Å². The molecule has 25 heavy (non-hydrogen) atoms. The lowest BCUT2D eigenvalue weighted by Crippen LogP contribution is -2.46. The lowest BCUT2D eigenvalue weighted by molar-refractivity contribution is 0.0571. The van der Waals surface area contributed by atoms with Gasteiger partial charge in [-0.2, -0.15) is 0 Å². The Morgan fingerprint density at radius 3 is 2.32 bits per heavy atom. The number of halogens is 2. The molecule has 0 aromatic heterocycles. The molecule has 1 unspecified atom stereocenters. The number of amides is 1. The SMILES string of the molecule is O=C(c1ccc(O)c(Cl)c1)N1[C@@H]2CC[C@H]1CC(c1ccc(F)cc1)C2. The Morgan fingerprint density at radius 2 is 1.72 bits per heavy atom. The Morgan fingerprint density at radius 1 is 1.08 bits per heavy atom. The topological polar surface area (TPSA) is 40.5 Å². The number of fused-ring (bicyclic) bond motifs is 2. The molecule has 4 rings (SSSR count). The van der Waals surface area contributed by atoms with E-state index >= 15 is 0 Å². The Balaban J connectivity index is 1.55. The van der Waals surface area contributed by atoms with Crippen molar-refractivity contribution < 1.29 is 14.3 Å². The van der Waals surface area contributed by atoms with Crippen molar-refractivity contribution in [1.82, 2.24) is 4.90 Å². The summed E-state index contributed by atoms with van der Waals surface area (Å²) in [5, 5.41) is 9.74. The highest BCUT2D eigenvalue weighted by molar-refractivity contribution is 6.32. The molecule has 0 radical (unpaired) electrons. The van der Waals surface area contributed by atoms with Crippen molar-refractivity contribution in [2.45, 2.75) is 43.7 Å². The maximum Gasteiger partial charge on any atom is 0.254 e. The maximum absolute atomic E-state index is 13.2. The normalized spacial score (nSPS) is 25.2. The minimum absolute atomic E-state index is 0.0174. The van der Waals surface area contributed by atoms with Crippen molar-refractivity contribution in [3.8, 4) is 5.75 Å². The van der Waals surface area contributed by atoms with Crippen LogP contribution in [0.25, 0.3) is 0 Å². The number of phenolic OH excluding ortho intramolecular Hbond substituents is 1. The predicted molar refractivity (Wildman–Crippen MR) is 94.5 cm³/mol. The second-order valence-electron chi connectivity index (χ2n) is 6.98. The summed E-state index contributed by atoms with van der Waals surface area (Å²) in [5.41, 5.74) is 1.66. The lowest BCUT2D eigenvalue weighted by atomic mass is 9.85. The molecule has 2 heterocycles. The summed E-state index contributed by atoms with van der Waals surface area (Å²) in [4.78, 5) is 14.9. The number of piperidine rings is 1. The number of rotatable bonds is 2. The number of carbonyl (C=O) groups is 1. The zero-order valence-electron chi connectivity index (χ0n) is 13.7. The predicted octanol–water partition coefficient (Wildman–Crippen LogP) is 4.74. The van der Waals surface area contributed by atoms with E-state index in [2.05, 4.69) is 0 Å². The fraction of sp³-hybridized carbons (Fsp3) is 0.350. The van der Waals surface area contributed by atoms with Crippen molar-refractivity contribution in [2.24, 2.45) is 0 Å². The van der Waals surface area contributed by atoms with Crippen molar-refractivity contribution in [3.63, 3.8) is 0 Å². The van der Waals surface area contributed by atoms with Crippen LogP contribution in [0.2, 0.25) is 5.02 Å². The monoisotopic (exact) mass is 359 g/mol. The van der Waals surface area contributed by atoms with Crippen LogP contribution < -0.4 is 0 Å². The molecule has 0 spiro atoms. The van der Waals surface area contributed by atoms with Crippen molar-refractivity contribution >= 4 is 17.5 Å². The van der Waals surface area contributed by atoms with Gasteiger partial charge in [0.1, 0.15) is 11.6 Å². The van der Waals surface area contributed by atoms with E-state index in [1.807, 2.05) is 17.0 Å². The highest BCUT2D eigenvalue weighted by atomic mass is 35.5. The number of hydrogen-bond donors (Lipinski definition) is 1.